The number of furan rings is 1. The van der Waals surface area contributed by atoms with Crippen molar-refractivity contribution in [2.45, 2.75) is 11.8 Å². The maximum atomic E-state index is 13.7. The molecule has 4 aliphatic rings. The molecular weight excluding hydrogens is 488 g/mol. The van der Waals surface area contributed by atoms with Gasteiger partial charge in [0.1, 0.15) is 17.3 Å². The van der Waals surface area contributed by atoms with E-state index in [9.17, 15) is 9.59 Å². The summed E-state index contributed by atoms with van der Waals surface area (Å²) in [4.78, 5) is 27.3. The zero-order chi connectivity index (χ0) is 25.3. The number of hydrogen-bond acceptors (Lipinski definition) is 5. The quantitative estimate of drug-likeness (QED) is 0.257. The standard InChI is InChI=1S/C30H21ClN2O4/c1-36-23-12-10-16(31)14-22(23)24-13-11-17(37-24)15-32-33-29(34)27-25-18-6-2-3-7-19(18)26(28(27)30(33)35)21-9-5-4-8-20(21)25/h2-15,25-28H,1H3/b32-15-/t25?,26?,27-,28+. The van der Waals surface area contributed by atoms with E-state index in [1.807, 2.05) is 24.3 Å². The first-order valence-corrected chi connectivity index (χ1v) is 12.5. The molecule has 8 rings (SSSR count). The fourth-order valence-corrected chi connectivity index (χ4v) is 6.50. The van der Waals surface area contributed by atoms with Crippen molar-refractivity contribution in [2.75, 3.05) is 7.11 Å². The van der Waals surface area contributed by atoms with Gasteiger partial charge < -0.3 is 9.15 Å². The monoisotopic (exact) mass is 508 g/mol. The van der Waals surface area contributed by atoms with Gasteiger partial charge in [-0.2, -0.15) is 10.1 Å². The van der Waals surface area contributed by atoms with E-state index in [-0.39, 0.29) is 23.7 Å². The summed E-state index contributed by atoms with van der Waals surface area (Å²) in [6.07, 6.45) is 1.41. The number of amides is 2. The molecule has 182 valence electrons. The number of hydrazone groups is 1. The smallest absolute Gasteiger partial charge is 0.254 e. The van der Waals surface area contributed by atoms with Gasteiger partial charge in [0, 0.05) is 16.9 Å². The van der Waals surface area contributed by atoms with Crippen LogP contribution in [0.5, 0.6) is 5.75 Å². The lowest BCUT2D eigenvalue weighted by Gasteiger charge is -2.45. The van der Waals surface area contributed by atoms with Crippen LogP contribution in [0.1, 0.15) is 39.8 Å². The van der Waals surface area contributed by atoms with E-state index >= 15 is 0 Å². The lowest BCUT2D eigenvalue weighted by Crippen LogP contribution is -2.41. The summed E-state index contributed by atoms with van der Waals surface area (Å²) in [6.45, 7) is 0. The summed E-state index contributed by atoms with van der Waals surface area (Å²) in [7, 11) is 1.58. The van der Waals surface area contributed by atoms with Crippen molar-refractivity contribution in [2.24, 2.45) is 16.9 Å². The predicted octanol–water partition coefficient (Wildman–Crippen LogP) is 5.83. The maximum Gasteiger partial charge on any atom is 0.254 e. The number of nitrogens with zero attached hydrogens (tertiary/aromatic N) is 2. The highest BCUT2D eigenvalue weighted by atomic mass is 35.5. The number of halogens is 1. The minimum Gasteiger partial charge on any atom is -0.496 e. The summed E-state index contributed by atoms with van der Waals surface area (Å²) in [5, 5.41) is 5.92. The van der Waals surface area contributed by atoms with E-state index in [0.29, 0.717) is 27.9 Å². The molecule has 4 aromatic rings. The molecule has 2 heterocycles. The van der Waals surface area contributed by atoms with E-state index < -0.39 is 11.8 Å². The normalized spacial score (nSPS) is 23.4. The van der Waals surface area contributed by atoms with Crippen LogP contribution in [0.3, 0.4) is 0 Å². The molecule has 3 aromatic carbocycles. The summed E-state index contributed by atoms with van der Waals surface area (Å²) >= 11 is 6.16. The maximum absolute atomic E-state index is 13.7. The van der Waals surface area contributed by atoms with Crippen molar-refractivity contribution in [3.63, 3.8) is 0 Å². The number of ether oxygens (including phenoxy) is 1. The van der Waals surface area contributed by atoms with Gasteiger partial charge in [-0.1, -0.05) is 60.1 Å². The van der Waals surface area contributed by atoms with Gasteiger partial charge in [0.2, 0.25) is 0 Å². The highest BCUT2D eigenvalue weighted by molar-refractivity contribution is 6.31. The summed E-state index contributed by atoms with van der Waals surface area (Å²) in [5.74, 6) is -0.244. The molecule has 0 radical (unpaired) electrons. The molecule has 1 aliphatic heterocycles. The molecule has 1 saturated heterocycles. The third kappa shape index (κ3) is 3.15. The Bertz CT molecular complexity index is 1510. The first-order valence-electron chi connectivity index (χ1n) is 12.1. The van der Waals surface area contributed by atoms with Crippen molar-refractivity contribution < 1.29 is 18.7 Å². The van der Waals surface area contributed by atoms with Crippen molar-refractivity contribution in [1.29, 1.82) is 0 Å². The largest absolute Gasteiger partial charge is 0.496 e. The molecule has 6 nitrogen and oxygen atoms in total. The molecule has 3 aliphatic carbocycles. The Labute approximate surface area is 218 Å². The minimum absolute atomic E-state index is 0.162. The average Bonchev–Trinajstić information content (AvgIpc) is 3.50. The van der Waals surface area contributed by atoms with Gasteiger partial charge >= 0.3 is 0 Å². The topological polar surface area (TPSA) is 72.1 Å². The molecule has 0 unspecified atom stereocenters. The lowest BCUT2D eigenvalue weighted by molar-refractivity contribution is -0.139. The second kappa shape index (κ2) is 8.18. The van der Waals surface area contributed by atoms with E-state index in [2.05, 4.69) is 29.4 Å². The Morgan fingerprint density at radius 2 is 1.41 bits per heavy atom. The van der Waals surface area contributed by atoms with Crippen molar-refractivity contribution in [1.82, 2.24) is 5.01 Å². The number of rotatable bonds is 4. The number of imide groups is 1. The van der Waals surface area contributed by atoms with E-state index in [0.717, 1.165) is 27.3 Å². The molecule has 2 bridgehead atoms. The minimum atomic E-state index is -0.470. The summed E-state index contributed by atoms with van der Waals surface area (Å²) in [6, 6.07) is 25.1. The van der Waals surface area contributed by atoms with E-state index in [1.165, 1.54) is 6.21 Å². The van der Waals surface area contributed by atoms with Crippen LogP contribution < -0.4 is 4.74 Å². The molecule has 1 fully saturated rings. The summed E-state index contributed by atoms with van der Waals surface area (Å²) < 4.78 is 11.4. The number of carbonyl (C=O) groups is 2. The van der Waals surface area contributed by atoms with Crippen LogP contribution in [0, 0.1) is 11.8 Å². The lowest BCUT2D eigenvalue weighted by atomic mass is 9.55. The second-order valence-electron chi connectivity index (χ2n) is 9.54. The van der Waals surface area contributed by atoms with Crippen LogP contribution in [0.4, 0.5) is 0 Å². The fraction of sp³-hybridized carbons (Fsp3) is 0.167. The number of benzene rings is 3. The van der Waals surface area contributed by atoms with Gasteiger partial charge in [-0.15, -0.1) is 0 Å². The van der Waals surface area contributed by atoms with Crippen LogP contribution in [-0.2, 0) is 9.59 Å². The molecule has 7 heteroatoms. The Morgan fingerprint density at radius 3 is 1.95 bits per heavy atom. The Morgan fingerprint density at radius 1 is 0.838 bits per heavy atom. The molecular formula is C30H21ClN2O4. The van der Waals surface area contributed by atoms with Gasteiger partial charge in [0.15, 0.2) is 0 Å². The molecule has 0 spiro atoms. The Hall–Kier alpha value is -4.16. The highest BCUT2D eigenvalue weighted by Crippen LogP contribution is 2.60. The van der Waals surface area contributed by atoms with E-state index in [1.54, 1.807) is 37.4 Å². The molecule has 2 amide bonds. The second-order valence-corrected chi connectivity index (χ2v) is 9.98. The van der Waals surface area contributed by atoms with Gasteiger partial charge in [0.25, 0.3) is 11.8 Å². The van der Waals surface area contributed by atoms with Crippen LogP contribution in [-0.4, -0.2) is 30.1 Å². The van der Waals surface area contributed by atoms with Crippen LogP contribution in [0.25, 0.3) is 11.3 Å². The van der Waals surface area contributed by atoms with Gasteiger partial charge in [-0.3, -0.25) is 9.59 Å². The van der Waals surface area contributed by atoms with Crippen LogP contribution in [0.2, 0.25) is 5.02 Å². The third-order valence-corrected chi connectivity index (χ3v) is 8.01. The third-order valence-electron chi connectivity index (χ3n) is 7.78. The Kier molecular flexibility index (Phi) is 4.88. The van der Waals surface area contributed by atoms with Crippen LogP contribution >= 0.6 is 11.6 Å². The fourth-order valence-electron chi connectivity index (χ4n) is 6.33. The molecule has 2 atom stereocenters. The van der Waals surface area contributed by atoms with Gasteiger partial charge in [-0.25, -0.2) is 0 Å². The van der Waals surface area contributed by atoms with Crippen molar-refractivity contribution in [3.05, 3.63) is 112 Å². The van der Waals surface area contributed by atoms with Crippen molar-refractivity contribution in [3.8, 4) is 17.1 Å². The van der Waals surface area contributed by atoms with Gasteiger partial charge in [-0.05, 0) is 52.6 Å². The number of methoxy groups -OCH3 is 1. The van der Waals surface area contributed by atoms with Crippen molar-refractivity contribution >= 4 is 29.6 Å². The SMILES string of the molecule is COc1ccc(Cl)cc1-c1ccc(/C=N\N2C(=O)[C@@H]3C4c5ccccc5C(c5ccccc54)[C@@H]3C2=O)o1. The first kappa shape index (κ1) is 22.1. The van der Waals surface area contributed by atoms with E-state index in [4.69, 9.17) is 20.8 Å². The van der Waals surface area contributed by atoms with Crippen LogP contribution in [0.15, 0.2) is 88.4 Å². The zero-order valence-electron chi connectivity index (χ0n) is 19.8. The molecule has 0 saturated carbocycles. The summed E-state index contributed by atoms with van der Waals surface area (Å²) in [5.41, 5.74) is 5.22. The highest BCUT2D eigenvalue weighted by Gasteiger charge is 2.61. The first-order chi connectivity index (χ1) is 18.1. The number of carbonyl (C=O) groups excluding carboxylic acids is 2. The predicted molar refractivity (Wildman–Crippen MR) is 139 cm³/mol. The average molecular weight is 509 g/mol. The Balaban J connectivity index is 1.23. The molecule has 37 heavy (non-hydrogen) atoms. The molecule has 1 aromatic heterocycles. The number of hydrogen-bond donors (Lipinski definition) is 0. The zero-order valence-corrected chi connectivity index (χ0v) is 20.6. The molecule has 0 N–H and O–H groups in total. The van der Waals surface area contributed by atoms with Gasteiger partial charge in [0.05, 0.1) is 30.7 Å².